The van der Waals surface area contributed by atoms with Crippen molar-refractivity contribution >= 4 is 23.5 Å². The van der Waals surface area contributed by atoms with Crippen molar-refractivity contribution in [2.75, 3.05) is 60.2 Å². The number of fused-ring (bicyclic) bond motifs is 3. The molecule has 2 aromatic rings. The Balaban J connectivity index is 0.000000281. The van der Waals surface area contributed by atoms with E-state index in [0.29, 0.717) is 25.1 Å². The minimum atomic E-state index is -0.598. The number of aromatic hydroxyl groups is 2. The van der Waals surface area contributed by atoms with Crippen molar-refractivity contribution < 1.29 is 53.4 Å². The Morgan fingerprint density at radius 2 is 1.75 bits per heavy atom. The lowest BCUT2D eigenvalue weighted by atomic mass is 9.75. The molecular formula is C38H52N4O11. The molecule has 2 aliphatic carbocycles. The van der Waals surface area contributed by atoms with E-state index >= 15 is 0 Å². The summed E-state index contributed by atoms with van der Waals surface area (Å²) in [5.74, 6) is -2.49. The summed E-state index contributed by atoms with van der Waals surface area (Å²) in [6, 6.07) is 4.23. The number of nitrogens with one attached hydrogen (secondary N) is 1. The summed E-state index contributed by atoms with van der Waals surface area (Å²) >= 11 is 0. The second-order valence-electron chi connectivity index (χ2n) is 13.8. The molecule has 4 aliphatic rings. The van der Waals surface area contributed by atoms with E-state index in [1.165, 1.54) is 18.1 Å². The van der Waals surface area contributed by atoms with E-state index in [0.717, 1.165) is 39.0 Å². The van der Waals surface area contributed by atoms with Crippen molar-refractivity contribution in [3.8, 4) is 17.2 Å². The number of phenolic OH excluding ortho intramolecular Hbond substituents is 2. The molecule has 5 atom stereocenters. The number of carbonyl (C=O) groups is 4. The van der Waals surface area contributed by atoms with Gasteiger partial charge in [-0.1, -0.05) is 25.5 Å². The number of morpholine rings is 1. The zero-order chi connectivity index (χ0) is 38.4. The van der Waals surface area contributed by atoms with Crippen LogP contribution in [0.25, 0.3) is 0 Å². The second kappa shape index (κ2) is 17.7. The topological polar surface area (TPSA) is 210 Å². The maximum absolute atomic E-state index is 13.3. The van der Waals surface area contributed by atoms with Gasteiger partial charge in [-0.25, -0.2) is 4.79 Å². The van der Waals surface area contributed by atoms with Crippen LogP contribution in [-0.2, 0) is 31.8 Å². The number of hydrogen-bond acceptors (Lipinski definition) is 12. The minimum Gasteiger partial charge on any atom is -0.507 e. The molecule has 15 nitrogen and oxygen atoms in total. The molecule has 15 heteroatoms. The molecular weight excluding hydrogens is 688 g/mol. The standard InChI is InChI=1S/C27H31N3O7.C11H21NO4/c1-3-4-11-30(27(28)36)12-10-29-26(35)14-8-9-15-17(13-14)24(33)20-21(22(15)31)25(34)19-16(23(20)32)6-5-7-18(19)37-2;1-8-11(13)9(3-5-15-8)12-4-6-16-10(7-12)14-2/h5-7,14,31,33H,3-4,8-13H2,1-2H3,(H2,28,36)(H,29,35);8-11,13H,3-7H2,1-2H3. The molecule has 6 rings (SSSR count). The molecule has 2 aliphatic heterocycles. The van der Waals surface area contributed by atoms with Crippen molar-refractivity contribution in [3.05, 3.63) is 51.6 Å². The van der Waals surface area contributed by atoms with E-state index in [-0.39, 0.29) is 95.3 Å². The number of benzene rings is 2. The number of methoxy groups -OCH3 is 2. The Morgan fingerprint density at radius 1 is 1.02 bits per heavy atom. The summed E-state index contributed by atoms with van der Waals surface area (Å²) < 4.78 is 21.3. The van der Waals surface area contributed by atoms with Crippen molar-refractivity contribution in [1.29, 1.82) is 0 Å². The third-order valence-electron chi connectivity index (χ3n) is 10.6. The molecule has 2 fully saturated rings. The number of hydrogen-bond donors (Lipinski definition) is 5. The van der Waals surface area contributed by atoms with Gasteiger partial charge in [-0.05, 0) is 45.1 Å². The van der Waals surface area contributed by atoms with Crippen LogP contribution in [0.1, 0.15) is 82.5 Å². The number of aliphatic hydroxyl groups excluding tert-OH is 1. The summed E-state index contributed by atoms with van der Waals surface area (Å²) in [6.45, 7) is 7.91. The van der Waals surface area contributed by atoms with Crippen molar-refractivity contribution in [1.82, 2.24) is 15.1 Å². The SMILES string of the molecule is CCCCN(CCNC(=O)C1CCc2c(O)c3c(c(O)c2C1)C(=O)c1cccc(OC)c1C3=O)C(N)=O.COC1CN(C2CCOC(C)C2O)CCO1. The predicted octanol–water partition coefficient (Wildman–Crippen LogP) is 2.11. The van der Waals surface area contributed by atoms with Gasteiger partial charge in [0.15, 0.2) is 12.1 Å². The fourth-order valence-electron chi connectivity index (χ4n) is 7.61. The van der Waals surface area contributed by atoms with Crippen molar-refractivity contribution in [3.63, 3.8) is 0 Å². The number of primary amides is 1. The molecule has 0 spiro atoms. The number of ether oxygens (including phenoxy) is 4. The molecule has 0 radical (unpaired) electrons. The third-order valence-corrected chi connectivity index (χ3v) is 10.6. The van der Waals surface area contributed by atoms with Crippen LogP contribution in [0.15, 0.2) is 18.2 Å². The molecule has 0 aromatic heterocycles. The van der Waals surface area contributed by atoms with E-state index in [9.17, 15) is 34.5 Å². The maximum atomic E-state index is 13.3. The highest BCUT2D eigenvalue weighted by atomic mass is 16.7. The Labute approximate surface area is 309 Å². The van der Waals surface area contributed by atoms with E-state index in [1.54, 1.807) is 19.2 Å². The monoisotopic (exact) mass is 740 g/mol. The van der Waals surface area contributed by atoms with Crippen LogP contribution in [0.4, 0.5) is 4.79 Å². The summed E-state index contributed by atoms with van der Waals surface area (Å²) in [6.07, 6.45) is 2.64. The van der Waals surface area contributed by atoms with Crippen LogP contribution >= 0.6 is 0 Å². The van der Waals surface area contributed by atoms with Gasteiger partial charge in [0.25, 0.3) is 0 Å². The number of nitrogens with zero attached hydrogens (tertiary/aromatic N) is 2. The molecule has 53 heavy (non-hydrogen) atoms. The van der Waals surface area contributed by atoms with E-state index in [1.807, 2.05) is 13.8 Å². The highest BCUT2D eigenvalue weighted by molar-refractivity contribution is 6.31. The van der Waals surface area contributed by atoms with Crippen LogP contribution in [0.5, 0.6) is 17.2 Å². The first-order chi connectivity index (χ1) is 25.4. The van der Waals surface area contributed by atoms with Crippen LogP contribution in [0.3, 0.4) is 0 Å². The van der Waals surface area contributed by atoms with E-state index in [4.69, 9.17) is 24.7 Å². The number of amides is 3. The second-order valence-corrected chi connectivity index (χ2v) is 13.8. The lowest BCUT2D eigenvalue weighted by Gasteiger charge is -2.43. The Hall–Kier alpha value is -4.28. The largest absolute Gasteiger partial charge is 0.507 e. The van der Waals surface area contributed by atoms with Gasteiger partial charge < -0.3 is 50.2 Å². The van der Waals surface area contributed by atoms with Gasteiger partial charge in [0.2, 0.25) is 11.7 Å². The summed E-state index contributed by atoms with van der Waals surface area (Å²) in [5, 5.41) is 35.1. The Morgan fingerprint density at radius 3 is 2.45 bits per heavy atom. The van der Waals surface area contributed by atoms with Gasteiger partial charge in [-0.15, -0.1) is 0 Å². The number of unbranched alkanes of at least 4 members (excludes halogenated alkanes) is 1. The van der Waals surface area contributed by atoms with E-state index in [2.05, 4.69) is 10.2 Å². The first kappa shape index (κ1) is 39.9. The molecule has 3 amide bonds. The first-order valence-electron chi connectivity index (χ1n) is 18.3. The van der Waals surface area contributed by atoms with E-state index < -0.39 is 29.6 Å². The van der Waals surface area contributed by atoms with Crippen LogP contribution in [0.2, 0.25) is 0 Å². The molecule has 0 saturated carbocycles. The molecule has 290 valence electrons. The third kappa shape index (κ3) is 8.44. The van der Waals surface area contributed by atoms with Gasteiger partial charge >= 0.3 is 6.03 Å². The zero-order valence-electron chi connectivity index (χ0n) is 30.9. The number of phenols is 2. The fourth-order valence-corrected chi connectivity index (χ4v) is 7.61. The first-order valence-corrected chi connectivity index (χ1v) is 18.3. The number of ketones is 2. The van der Waals surface area contributed by atoms with Crippen LogP contribution in [0, 0.1) is 5.92 Å². The molecule has 2 aromatic carbocycles. The molecule has 2 heterocycles. The predicted molar refractivity (Wildman–Crippen MR) is 192 cm³/mol. The summed E-state index contributed by atoms with van der Waals surface area (Å²) in [5.41, 5.74) is 5.70. The van der Waals surface area contributed by atoms with Gasteiger partial charge in [-0.3, -0.25) is 19.3 Å². The molecule has 2 saturated heterocycles. The Bertz CT molecular complexity index is 1680. The molecule has 5 unspecified atom stereocenters. The van der Waals surface area contributed by atoms with Gasteiger partial charge in [-0.2, -0.15) is 0 Å². The van der Waals surface area contributed by atoms with Crippen molar-refractivity contribution in [2.45, 2.75) is 76.9 Å². The summed E-state index contributed by atoms with van der Waals surface area (Å²) in [4.78, 5) is 54.9. The lowest BCUT2D eigenvalue weighted by Crippen LogP contribution is -2.57. The van der Waals surface area contributed by atoms with Gasteiger partial charge in [0.05, 0.1) is 42.6 Å². The highest BCUT2D eigenvalue weighted by Crippen LogP contribution is 2.47. The van der Waals surface area contributed by atoms with Gasteiger partial charge in [0, 0.05) is 75.1 Å². The summed E-state index contributed by atoms with van der Waals surface area (Å²) in [7, 11) is 3.03. The van der Waals surface area contributed by atoms with Crippen LogP contribution in [-0.4, -0.2) is 133 Å². The minimum absolute atomic E-state index is 0.0501. The lowest BCUT2D eigenvalue weighted by molar-refractivity contribution is -0.190. The number of aliphatic hydroxyl groups is 1. The quantitative estimate of drug-likeness (QED) is 0.189. The number of carbonyl (C=O) groups excluding carboxylic acids is 4. The van der Waals surface area contributed by atoms with Crippen molar-refractivity contribution in [2.24, 2.45) is 11.7 Å². The van der Waals surface area contributed by atoms with Crippen LogP contribution < -0.4 is 15.8 Å². The number of urea groups is 1. The fraction of sp³-hybridized carbons (Fsp3) is 0.579. The van der Waals surface area contributed by atoms with Gasteiger partial charge in [0.1, 0.15) is 17.2 Å². The maximum Gasteiger partial charge on any atom is 0.314 e. The normalized spacial score (nSPS) is 23.8. The highest BCUT2D eigenvalue weighted by Gasteiger charge is 2.41. The molecule has 0 bridgehead atoms. The molecule has 6 N–H and O–H groups in total. The number of nitrogens with two attached hydrogens (primary N) is 1. The smallest absolute Gasteiger partial charge is 0.314 e. The Kier molecular flexibility index (Phi) is 13.3. The average Bonchev–Trinajstić information content (AvgIpc) is 3.17. The number of rotatable bonds is 10. The zero-order valence-corrected chi connectivity index (χ0v) is 30.9. The average molecular weight is 741 g/mol.